The second-order valence-electron chi connectivity index (χ2n) is 5.78. The van der Waals surface area contributed by atoms with Crippen molar-refractivity contribution in [2.75, 3.05) is 13.7 Å². The van der Waals surface area contributed by atoms with Crippen LogP contribution < -0.4 is 15.8 Å². The molecule has 1 amide bonds. The van der Waals surface area contributed by atoms with Crippen molar-refractivity contribution >= 4 is 5.91 Å². The first-order valence-corrected chi connectivity index (χ1v) is 7.64. The van der Waals surface area contributed by atoms with Crippen molar-refractivity contribution in [2.24, 2.45) is 5.73 Å². The molecule has 2 unspecified atom stereocenters. The van der Waals surface area contributed by atoms with Crippen LogP contribution in [0.2, 0.25) is 0 Å². The number of nitrogens with two attached hydrogens (primary N) is 1. The maximum Gasteiger partial charge on any atom is 0.237 e. The number of nitrogens with one attached hydrogen (secondary N) is 1. The molecule has 4 nitrogen and oxygen atoms in total. The van der Waals surface area contributed by atoms with Gasteiger partial charge in [0.25, 0.3) is 0 Å². The molecule has 1 rings (SSSR count). The molecule has 0 aromatic heterocycles. The van der Waals surface area contributed by atoms with Gasteiger partial charge in [-0.25, -0.2) is 0 Å². The number of hydrogen-bond donors (Lipinski definition) is 2. The summed E-state index contributed by atoms with van der Waals surface area (Å²) in [6.45, 7) is 6.80. The molecule has 1 aromatic rings. The van der Waals surface area contributed by atoms with E-state index in [9.17, 15) is 4.79 Å². The lowest BCUT2D eigenvalue weighted by molar-refractivity contribution is -0.123. The van der Waals surface area contributed by atoms with E-state index in [0.717, 1.165) is 18.6 Å². The molecule has 0 aliphatic rings. The van der Waals surface area contributed by atoms with Crippen molar-refractivity contribution in [3.8, 4) is 5.75 Å². The molecule has 2 atom stereocenters. The van der Waals surface area contributed by atoms with Gasteiger partial charge in [-0.2, -0.15) is 0 Å². The van der Waals surface area contributed by atoms with E-state index in [1.54, 1.807) is 7.05 Å². The van der Waals surface area contributed by atoms with Gasteiger partial charge in [-0.15, -0.1) is 0 Å². The number of carbonyl (C=O) groups excluding carboxylic acids is 1. The summed E-state index contributed by atoms with van der Waals surface area (Å²) in [6, 6.07) is 8.24. The van der Waals surface area contributed by atoms with Gasteiger partial charge in [0.2, 0.25) is 5.91 Å². The highest BCUT2D eigenvalue weighted by molar-refractivity contribution is 5.84. The molecule has 21 heavy (non-hydrogen) atoms. The van der Waals surface area contributed by atoms with Crippen LogP contribution in [-0.2, 0) is 4.79 Å². The average molecular weight is 292 g/mol. The van der Waals surface area contributed by atoms with Gasteiger partial charge >= 0.3 is 0 Å². The molecule has 0 fully saturated rings. The third-order valence-electron chi connectivity index (χ3n) is 4.25. The molecule has 0 saturated heterocycles. The van der Waals surface area contributed by atoms with Gasteiger partial charge in [0.1, 0.15) is 5.75 Å². The summed E-state index contributed by atoms with van der Waals surface area (Å²) < 4.78 is 5.71. The maximum atomic E-state index is 11.4. The van der Waals surface area contributed by atoms with Gasteiger partial charge in [-0.3, -0.25) is 4.79 Å². The Bertz CT molecular complexity index is 445. The van der Waals surface area contributed by atoms with Crippen LogP contribution in [-0.4, -0.2) is 25.1 Å². The van der Waals surface area contributed by atoms with Crippen molar-refractivity contribution in [1.29, 1.82) is 0 Å². The topological polar surface area (TPSA) is 64.3 Å². The largest absolute Gasteiger partial charge is 0.494 e. The first-order valence-electron chi connectivity index (χ1n) is 7.64. The van der Waals surface area contributed by atoms with Gasteiger partial charge in [-0.1, -0.05) is 26.0 Å². The van der Waals surface area contributed by atoms with Crippen molar-refractivity contribution < 1.29 is 9.53 Å². The Morgan fingerprint density at radius 1 is 1.38 bits per heavy atom. The van der Waals surface area contributed by atoms with E-state index in [-0.39, 0.29) is 5.91 Å². The normalized spacial score (nSPS) is 15.2. The molecular weight excluding hydrogens is 264 g/mol. The molecule has 0 bridgehead atoms. The number of primary amides is 1. The lowest BCUT2D eigenvalue weighted by Crippen LogP contribution is -2.51. The van der Waals surface area contributed by atoms with E-state index in [1.165, 1.54) is 5.56 Å². The van der Waals surface area contributed by atoms with Gasteiger partial charge in [0.15, 0.2) is 0 Å². The van der Waals surface area contributed by atoms with Crippen LogP contribution in [0.3, 0.4) is 0 Å². The summed E-state index contributed by atoms with van der Waals surface area (Å²) in [5.74, 6) is 1.11. The standard InChI is InChI=1S/C17H28N2O2/c1-5-13(2)14-7-9-15(10-8-14)21-12-6-11-17(3,19-4)16(18)20/h7-10,13,19H,5-6,11-12H2,1-4H3,(H2,18,20). The number of benzene rings is 1. The van der Waals surface area contributed by atoms with Crippen molar-refractivity contribution in [3.63, 3.8) is 0 Å². The highest BCUT2D eigenvalue weighted by Gasteiger charge is 2.28. The summed E-state index contributed by atoms with van der Waals surface area (Å²) in [7, 11) is 1.75. The predicted molar refractivity (Wildman–Crippen MR) is 86.5 cm³/mol. The number of likely N-dealkylation sites (N-methyl/N-ethyl adjacent to an activating group) is 1. The minimum atomic E-state index is -0.663. The highest BCUT2D eigenvalue weighted by atomic mass is 16.5. The van der Waals surface area contributed by atoms with Crippen molar-refractivity contribution in [1.82, 2.24) is 5.32 Å². The Kier molecular flexibility index (Phi) is 6.69. The van der Waals surface area contributed by atoms with E-state index >= 15 is 0 Å². The molecule has 3 N–H and O–H groups in total. The molecule has 0 heterocycles. The minimum absolute atomic E-state index is 0.331. The van der Waals surface area contributed by atoms with Crippen LogP contribution >= 0.6 is 0 Å². The SMILES string of the molecule is CCC(C)c1ccc(OCCCC(C)(NC)C(N)=O)cc1. The number of rotatable bonds is 9. The molecule has 0 aliphatic heterocycles. The minimum Gasteiger partial charge on any atom is -0.494 e. The summed E-state index contributed by atoms with van der Waals surface area (Å²) in [5.41, 5.74) is 6.06. The Labute approximate surface area is 128 Å². The molecule has 4 heteroatoms. The van der Waals surface area contributed by atoms with E-state index in [1.807, 2.05) is 19.1 Å². The summed E-state index contributed by atoms with van der Waals surface area (Å²) in [6.07, 6.45) is 2.56. The van der Waals surface area contributed by atoms with Gasteiger partial charge in [0.05, 0.1) is 12.1 Å². The van der Waals surface area contributed by atoms with Gasteiger partial charge in [0, 0.05) is 0 Å². The number of ether oxygens (including phenoxy) is 1. The van der Waals surface area contributed by atoms with E-state index in [2.05, 4.69) is 31.3 Å². The van der Waals surface area contributed by atoms with Gasteiger partial charge < -0.3 is 15.8 Å². The Morgan fingerprint density at radius 2 is 2.00 bits per heavy atom. The van der Waals surface area contributed by atoms with Crippen LogP contribution in [0.5, 0.6) is 5.75 Å². The lowest BCUT2D eigenvalue weighted by Gasteiger charge is -2.25. The van der Waals surface area contributed by atoms with Crippen LogP contribution in [0, 0.1) is 0 Å². The number of hydrogen-bond acceptors (Lipinski definition) is 3. The molecule has 0 spiro atoms. The zero-order valence-corrected chi connectivity index (χ0v) is 13.6. The van der Waals surface area contributed by atoms with E-state index in [0.29, 0.717) is 18.9 Å². The van der Waals surface area contributed by atoms with Crippen LogP contribution in [0.4, 0.5) is 0 Å². The molecule has 0 aliphatic carbocycles. The maximum absolute atomic E-state index is 11.4. The average Bonchev–Trinajstić information content (AvgIpc) is 2.50. The first-order chi connectivity index (χ1) is 9.92. The number of carbonyl (C=O) groups is 1. The zero-order chi connectivity index (χ0) is 15.9. The third-order valence-corrected chi connectivity index (χ3v) is 4.25. The quantitative estimate of drug-likeness (QED) is 0.688. The Hall–Kier alpha value is -1.55. The van der Waals surface area contributed by atoms with Crippen LogP contribution in [0.25, 0.3) is 0 Å². The molecular formula is C17H28N2O2. The fourth-order valence-corrected chi connectivity index (χ4v) is 2.12. The summed E-state index contributed by atoms with van der Waals surface area (Å²) in [4.78, 5) is 11.4. The number of amides is 1. The highest BCUT2D eigenvalue weighted by Crippen LogP contribution is 2.21. The molecule has 118 valence electrons. The monoisotopic (exact) mass is 292 g/mol. The van der Waals surface area contributed by atoms with Crippen LogP contribution in [0.1, 0.15) is 51.5 Å². The van der Waals surface area contributed by atoms with Crippen molar-refractivity contribution in [3.05, 3.63) is 29.8 Å². The van der Waals surface area contributed by atoms with Crippen LogP contribution in [0.15, 0.2) is 24.3 Å². The molecule has 0 saturated carbocycles. The molecule has 1 aromatic carbocycles. The molecule has 0 radical (unpaired) electrons. The third kappa shape index (κ3) is 5.05. The van der Waals surface area contributed by atoms with E-state index in [4.69, 9.17) is 10.5 Å². The van der Waals surface area contributed by atoms with Gasteiger partial charge in [-0.05, 0) is 56.8 Å². The summed E-state index contributed by atoms with van der Waals surface area (Å²) >= 11 is 0. The second-order valence-corrected chi connectivity index (χ2v) is 5.78. The predicted octanol–water partition coefficient (Wildman–Crippen LogP) is 2.82. The zero-order valence-electron chi connectivity index (χ0n) is 13.6. The second kappa shape index (κ2) is 8.03. The first kappa shape index (κ1) is 17.5. The lowest BCUT2D eigenvalue weighted by atomic mass is 9.95. The summed E-state index contributed by atoms with van der Waals surface area (Å²) in [5, 5.41) is 2.97. The Balaban J connectivity index is 2.41. The Morgan fingerprint density at radius 3 is 2.48 bits per heavy atom. The fourth-order valence-electron chi connectivity index (χ4n) is 2.12. The smallest absolute Gasteiger partial charge is 0.237 e. The van der Waals surface area contributed by atoms with Crippen molar-refractivity contribution in [2.45, 2.75) is 51.5 Å². The van der Waals surface area contributed by atoms with E-state index < -0.39 is 5.54 Å². The fraction of sp³-hybridized carbons (Fsp3) is 0.588.